The molecule has 3 heterocycles. The molecule has 4 rings (SSSR count). The highest BCUT2D eigenvalue weighted by Crippen LogP contribution is 2.62. The van der Waals surface area contributed by atoms with Crippen molar-refractivity contribution in [2.45, 2.75) is 32.2 Å². The SMILES string of the molecule is CN1C[C@H]2C3(CCN(Cc4ccoc4)CC3)CC[C@@]2(C(=O)N(C)C)C1. The van der Waals surface area contributed by atoms with Crippen molar-refractivity contribution in [2.24, 2.45) is 16.7 Å². The van der Waals surface area contributed by atoms with Gasteiger partial charge in [0, 0.05) is 39.3 Å². The topological polar surface area (TPSA) is 39.9 Å². The summed E-state index contributed by atoms with van der Waals surface area (Å²) in [6, 6.07) is 2.06. The molecule has 2 aliphatic heterocycles. The van der Waals surface area contributed by atoms with Crippen molar-refractivity contribution in [3.05, 3.63) is 24.2 Å². The van der Waals surface area contributed by atoms with Crippen LogP contribution in [0.5, 0.6) is 0 Å². The van der Waals surface area contributed by atoms with Crippen molar-refractivity contribution in [3.63, 3.8) is 0 Å². The Balaban J connectivity index is 1.49. The Hall–Kier alpha value is -1.33. The summed E-state index contributed by atoms with van der Waals surface area (Å²) in [5.74, 6) is 0.885. The Kier molecular flexibility index (Phi) is 4.19. The first-order valence-electron chi connectivity index (χ1n) is 9.59. The molecule has 138 valence electrons. The summed E-state index contributed by atoms with van der Waals surface area (Å²) in [5, 5.41) is 0. The molecule has 0 aromatic carbocycles. The van der Waals surface area contributed by atoms with Crippen LogP contribution in [0.15, 0.2) is 23.0 Å². The number of amides is 1. The molecule has 3 fully saturated rings. The van der Waals surface area contributed by atoms with Crippen molar-refractivity contribution in [3.8, 4) is 0 Å². The fraction of sp³-hybridized carbons (Fsp3) is 0.750. The molecule has 2 atom stereocenters. The van der Waals surface area contributed by atoms with E-state index >= 15 is 0 Å². The van der Waals surface area contributed by atoms with Crippen LogP contribution in [0, 0.1) is 16.7 Å². The molecule has 1 aliphatic carbocycles. The minimum atomic E-state index is -0.134. The molecule has 1 aromatic heterocycles. The van der Waals surface area contributed by atoms with Crippen molar-refractivity contribution in [1.82, 2.24) is 14.7 Å². The van der Waals surface area contributed by atoms with Gasteiger partial charge in [0.15, 0.2) is 0 Å². The first-order chi connectivity index (χ1) is 12.0. The molecule has 25 heavy (non-hydrogen) atoms. The lowest BCUT2D eigenvalue weighted by Crippen LogP contribution is -2.48. The highest BCUT2D eigenvalue weighted by atomic mass is 16.3. The second-order valence-corrected chi connectivity index (χ2v) is 8.88. The lowest BCUT2D eigenvalue weighted by Gasteiger charge is -2.44. The van der Waals surface area contributed by atoms with Gasteiger partial charge in [0.05, 0.1) is 17.9 Å². The first-order valence-corrected chi connectivity index (χ1v) is 9.59. The highest BCUT2D eigenvalue weighted by Gasteiger charge is 2.63. The Morgan fingerprint density at radius 3 is 2.68 bits per heavy atom. The molecule has 0 unspecified atom stereocenters. The number of piperidine rings is 1. The van der Waals surface area contributed by atoms with E-state index in [9.17, 15) is 4.79 Å². The first kappa shape index (κ1) is 17.1. The van der Waals surface area contributed by atoms with Crippen molar-refractivity contribution in [2.75, 3.05) is 47.3 Å². The molecule has 1 saturated carbocycles. The van der Waals surface area contributed by atoms with E-state index < -0.39 is 0 Å². The smallest absolute Gasteiger partial charge is 0.229 e. The third-order valence-corrected chi connectivity index (χ3v) is 7.19. The monoisotopic (exact) mass is 345 g/mol. The fourth-order valence-electron chi connectivity index (χ4n) is 5.99. The van der Waals surface area contributed by atoms with Crippen LogP contribution in [0.3, 0.4) is 0 Å². The van der Waals surface area contributed by atoms with Crippen molar-refractivity contribution < 1.29 is 9.21 Å². The average Bonchev–Trinajstić information content (AvgIpc) is 3.27. The number of furan rings is 1. The third-order valence-electron chi connectivity index (χ3n) is 7.19. The molecule has 1 spiro atoms. The summed E-state index contributed by atoms with van der Waals surface area (Å²) in [7, 11) is 6.03. The molecular weight excluding hydrogens is 314 g/mol. The van der Waals surface area contributed by atoms with Gasteiger partial charge in [-0.25, -0.2) is 0 Å². The summed E-state index contributed by atoms with van der Waals surface area (Å²) in [5.41, 5.74) is 1.49. The van der Waals surface area contributed by atoms with Crippen LogP contribution in [-0.4, -0.2) is 67.9 Å². The molecule has 3 aliphatic rings. The predicted molar refractivity (Wildman–Crippen MR) is 97.0 cm³/mol. The van der Waals surface area contributed by atoms with Crippen molar-refractivity contribution in [1.29, 1.82) is 0 Å². The fourth-order valence-corrected chi connectivity index (χ4v) is 5.99. The average molecular weight is 345 g/mol. The number of hydrogen-bond acceptors (Lipinski definition) is 4. The van der Waals surface area contributed by atoms with Crippen LogP contribution >= 0.6 is 0 Å². The van der Waals surface area contributed by atoms with E-state index in [0.717, 1.165) is 39.1 Å². The second-order valence-electron chi connectivity index (χ2n) is 8.88. The van der Waals surface area contributed by atoms with Crippen molar-refractivity contribution >= 4 is 5.91 Å². The maximum atomic E-state index is 13.1. The van der Waals surface area contributed by atoms with Crippen LogP contribution in [0.4, 0.5) is 0 Å². The predicted octanol–water partition coefficient (Wildman–Crippen LogP) is 2.29. The number of carbonyl (C=O) groups excluding carboxylic acids is 1. The molecule has 2 saturated heterocycles. The Bertz CT molecular complexity index is 619. The lowest BCUT2D eigenvalue weighted by atomic mass is 9.65. The minimum Gasteiger partial charge on any atom is -0.472 e. The number of rotatable bonds is 3. The van der Waals surface area contributed by atoms with Gasteiger partial charge in [-0.05, 0) is 63.2 Å². The van der Waals surface area contributed by atoms with E-state index in [1.165, 1.54) is 24.8 Å². The van der Waals surface area contributed by atoms with E-state index in [0.29, 0.717) is 17.2 Å². The Morgan fingerprint density at radius 1 is 1.28 bits per heavy atom. The summed E-state index contributed by atoms with van der Waals surface area (Å²) < 4.78 is 5.21. The van der Waals surface area contributed by atoms with Gasteiger partial charge >= 0.3 is 0 Å². The van der Waals surface area contributed by atoms with Gasteiger partial charge in [0.25, 0.3) is 0 Å². The van der Waals surface area contributed by atoms with Gasteiger partial charge in [-0.1, -0.05) is 0 Å². The zero-order chi connectivity index (χ0) is 17.7. The number of carbonyl (C=O) groups is 1. The van der Waals surface area contributed by atoms with Crippen LogP contribution in [-0.2, 0) is 11.3 Å². The maximum Gasteiger partial charge on any atom is 0.229 e. The largest absolute Gasteiger partial charge is 0.472 e. The van der Waals surface area contributed by atoms with Gasteiger partial charge in [0.1, 0.15) is 0 Å². The van der Waals surface area contributed by atoms with Crippen LogP contribution < -0.4 is 0 Å². The third kappa shape index (κ3) is 2.72. The number of hydrogen-bond donors (Lipinski definition) is 0. The van der Waals surface area contributed by atoms with Gasteiger partial charge in [-0.15, -0.1) is 0 Å². The van der Waals surface area contributed by atoms with Gasteiger partial charge in [0.2, 0.25) is 5.91 Å². The van der Waals surface area contributed by atoms with Gasteiger partial charge in [-0.3, -0.25) is 9.69 Å². The standard InChI is InChI=1S/C20H31N3O2/c1-21(2)18(24)20-6-5-19(17(20)13-22(3)15-20)7-9-23(10-8-19)12-16-4-11-25-14-16/h4,11,14,17H,5-10,12-13,15H2,1-3H3/t17-,20+/m0/s1. The molecule has 5 heteroatoms. The molecule has 0 bridgehead atoms. The zero-order valence-corrected chi connectivity index (χ0v) is 15.8. The molecule has 0 radical (unpaired) electrons. The number of likely N-dealkylation sites (tertiary alicyclic amines) is 2. The van der Waals surface area contributed by atoms with Gasteiger partial charge in [-0.2, -0.15) is 0 Å². The maximum absolute atomic E-state index is 13.1. The summed E-state index contributed by atoms with van der Waals surface area (Å²) in [6.45, 7) is 5.28. The summed E-state index contributed by atoms with van der Waals surface area (Å²) in [6.07, 6.45) is 8.36. The summed E-state index contributed by atoms with van der Waals surface area (Å²) in [4.78, 5) is 19.8. The summed E-state index contributed by atoms with van der Waals surface area (Å²) >= 11 is 0. The quantitative estimate of drug-likeness (QED) is 0.843. The zero-order valence-electron chi connectivity index (χ0n) is 15.8. The highest BCUT2D eigenvalue weighted by molar-refractivity contribution is 5.84. The van der Waals surface area contributed by atoms with Gasteiger partial charge < -0.3 is 14.2 Å². The molecule has 1 aromatic rings. The van der Waals surface area contributed by atoms with E-state index in [1.54, 1.807) is 6.26 Å². The second kappa shape index (κ2) is 6.13. The lowest BCUT2D eigenvalue weighted by molar-refractivity contribution is -0.141. The minimum absolute atomic E-state index is 0.134. The molecule has 0 N–H and O–H groups in total. The Morgan fingerprint density at radius 2 is 2.04 bits per heavy atom. The molecule has 5 nitrogen and oxygen atoms in total. The normalized spacial score (nSPS) is 32.2. The van der Waals surface area contributed by atoms with Crippen LogP contribution in [0.1, 0.15) is 31.2 Å². The van der Waals surface area contributed by atoms with E-state index in [-0.39, 0.29) is 5.41 Å². The van der Waals surface area contributed by atoms with E-state index in [2.05, 4.69) is 22.9 Å². The van der Waals surface area contributed by atoms with Crippen LogP contribution in [0.2, 0.25) is 0 Å². The Labute approximate surface area is 150 Å². The molecule has 1 amide bonds. The molecular formula is C20H31N3O2. The van der Waals surface area contributed by atoms with E-state index in [4.69, 9.17) is 4.42 Å². The number of fused-ring (bicyclic) bond motifs is 2. The number of nitrogens with zero attached hydrogens (tertiary/aromatic N) is 3. The van der Waals surface area contributed by atoms with E-state index in [1.807, 2.05) is 25.3 Å². The van der Waals surface area contributed by atoms with Crippen LogP contribution in [0.25, 0.3) is 0 Å².